The van der Waals surface area contributed by atoms with Crippen molar-refractivity contribution >= 4 is 23.4 Å². The number of benzene rings is 2. The molecule has 0 atom stereocenters. The maximum absolute atomic E-state index is 4.07. The molecule has 0 N–H and O–H groups in total. The Kier molecular flexibility index (Phi) is 2.76. The first-order valence-electron chi connectivity index (χ1n) is 4.49. The molecule has 0 nitrogen and oxygen atoms in total. The molecule has 2 rings (SSSR count). The second-order valence-corrected chi connectivity index (χ2v) is 3.30. The molecule has 0 radical (unpaired) electrons. The molecule has 1 heteroatoms. The highest BCUT2D eigenvalue weighted by molar-refractivity contribution is 7.80. The van der Waals surface area contributed by atoms with Crippen molar-refractivity contribution in [1.82, 2.24) is 0 Å². The summed E-state index contributed by atoms with van der Waals surface area (Å²) in [4.78, 5) is 0. The Labute approximate surface area is 89.4 Å². The summed E-state index contributed by atoms with van der Waals surface area (Å²) < 4.78 is 0. The first-order valence-corrected chi connectivity index (χ1v) is 5.12. The summed E-state index contributed by atoms with van der Waals surface area (Å²) in [6, 6.07) is 14.4. The fourth-order valence-corrected chi connectivity index (χ4v) is 1.55. The SMILES string of the molecule is SCC#Cc1cccc2ccccc12. The molecule has 0 fully saturated rings. The van der Waals surface area contributed by atoms with E-state index >= 15 is 0 Å². The minimum absolute atomic E-state index is 0.600. The van der Waals surface area contributed by atoms with Gasteiger partial charge in [0.2, 0.25) is 0 Å². The van der Waals surface area contributed by atoms with Crippen LogP contribution in [0.2, 0.25) is 0 Å². The lowest BCUT2D eigenvalue weighted by molar-refractivity contribution is 1.70. The number of hydrogen-bond donors (Lipinski definition) is 1. The predicted octanol–water partition coefficient (Wildman–Crippen LogP) is 3.12. The zero-order chi connectivity index (χ0) is 9.80. The highest BCUT2D eigenvalue weighted by atomic mass is 32.1. The third-order valence-electron chi connectivity index (χ3n) is 2.09. The van der Waals surface area contributed by atoms with Gasteiger partial charge in [-0.3, -0.25) is 0 Å². The van der Waals surface area contributed by atoms with Crippen molar-refractivity contribution in [2.75, 3.05) is 5.75 Å². The van der Waals surface area contributed by atoms with Gasteiger partial charge in [0, 0.05) is 5.56 Å². The Bertz CT molecular complexity index is 498. The Morgan fingerprint density at radius 2 is 1.79 bits per heavy atom. The van der Waals surface area contributed by atoms with Crippen molar-refractivity contribution in [2.24, 2.45) is 0 Å². The molecule has 14 heavy (non-hydrogen) atoms. The Hall–Kier alpha value is -1.39. The summed E-state index contributed by atoms with van der Waals surface area (Å²) in [7, 11) is 0. The summed E-state index contributed by atoms with van der Waals surface area (Å²) in [5, 5.41) is 2.45. The van der Waals surface area contributed by atoms with E-state index in [4.69, 9.17) is 0 Å². The van der Waals surface area contributed by atoms with Gasteiger partial charge in [0.15, 0.2) is 0 Å². The minimum Gasteiger partial charge on any atom is -0.166 e. The molecule has 0 amide bonds. The van der Waals surface area contributed by atoms with Gasteiger partial charge in [-0.2, -0.15) is 12.6 Å². The molecule has 0 aromatic heterocycles. The van der Waals surface area contributed by atoms with Gasteiger partial charge in [-0.15, -0.1) is 0 Å². The number of hydrogen-bond acceptors (Lipinski definition) is 1. The average molecular weight is 198 g/mol. The Morgan fingerprint density at radius 1 is 1.00 bits per heavy atom. The maximum Gasteiger partial charge on any atom is 0.0521 e. The number of fused-ring (bicyclic) bond motifs is 1. The zero-order valence-electron chi connectivity index (χ0n) is 7.70. The molecule has 0 saturated carbocycles. The van der Waals surface area contributed by atoms with E-state index in [0.29, 0.717) is 5.75 Å². The molecule has 0 aliphatic carbocycles. The average Bonchev–Trinajstić information content (AvgIpc) is 2.26. The van der Waals surface area contributed by atoms with Crippen molar-refractivity contribution in [1.29, 1.82) is 0 Å². The highest BCUT2D eigenvalue weighted by Crippen LogP contribution is 2.17. The second-order valence-electron chi connectivity index (χ2n) is 2.99. The second kappa shape index (κ2) is 4.21. The largest absolute Gasteiger partial charge is 0.166 e. The van der Waals surface area contributed by atoms with Crippen molar-refractivity contribution < 1.29 is 0 Å². The van der Waals surface area contributed by atoms with Crippen LogP contribution in [0, 0.1) is 11.8 Å². The highest BCUT2D eigenvalue weighted by Gasteiger charge is 1.95. The van der Waals surface area contributed by atoms with Gasteiger partial charge in [0.1, 0.15) is 0 Å². The molecule has 0 unspecified atom stereocenters. The summed E-state index contributed by atoms with van der Waals surface area (Å²) in [5.41, 5.74) is 1.08. The van der Waals surface area contributed by atoms with Crippen LogP contribution in [-0.4, -0.2) is 5.75 Å². The van der Waals surface area contributed by atoms with E-state index in [2.05, 4.69) is 42.7 Å². The lowest BCUT2D eigenvalue weighted by Gasteiger charge is -1.98. The molecule has 0 heterocycles. The van der Waals surface area contributed by atoms with E-state index in [1.807, 2.05) is 24.3 Å². The third kappa shape index (κ3) is 1.76. The molecular weight excluding hydrogens is 188 g/mol. The molecule has 0 spiro atoms. The summed E-state index contributed by atoms with van der Waals surface area (Å²) >= 11 is 4.07. The third-order valence-corrected chi connectivity index (χ3v) is 2.25. The lowest BCUT2D eigenvalue weighted by Crippen LogP contribution is -1.78. The van der Waals surface area contributed by atoms with Crippen molar-refractivity contribution in [2.45, 2.75) is 0 Å². The maximum atomic E-state index is 4.07. The van der Waals surface area contributed by atoms with E-state index < -0.39 is 0 Å². The van der Waals surface area contributed by atoms with Crippen molar-refractivity contribution in [3.8, 4) is 11.8 Å². The summed E-state index contributed by atoms with van der Waals surface area (Å²) in [5.74, 6) is 6.68. The minimum atomic E-state index is 0.600. The quantitative estimate of drug-likeness (QED) is 0.488. The molecule has 0 aliphatic rings. The van der Waals surface area contributed by atoms with E-state index in [9.17, 15) is 0 Å². The van der Waals surface area contributed by atoms with E-state index in [1.165, 1.54) is 10.8 Å². The first kappa shape index (κ1) is 9.18. The van der Waals surface area contributed by atoms with Gasteiger partial charge < -0.3 is 0 Å². The smallest absolute Gasteiger partial charge is 0.0521 e. The molecular formula is C13H10S. The van der Waals surface area contributed by atoms with Gasteiger partial charge in [-0.25, -0.2) is 0 Å². The molecule has 68 valence electrons. The lowest BCUT2D eigenvalue weighted by atomic mass is 10.1. The van der Waals surface area contributed by atoms with Crippen LogP contribution in [0.3, 0.4) is 0 Å². The van der Waals surface area contributed by atoms with Crippen molar-refractivity contribution in [3.63, 3.8) is 0 Å². The summed E-state index contributed by atoms with van der Waals surface area (Å²) in [6.45, 7) is 0. The van der Waals surface area contributed by atoms with Crippen LogP contribution >= 0.6 is 12.6 Å². The van der Waals surface area contributed by atoms with Gasteiger partial charge in [0.25, 0.3) is 0 Å². The normalized spacial score (nSPS) is 9.50. The van der Waals surface area contributed by atoms with E-state index in [0.717, 1.165) is 5.56 Å². The zero-order valence-corrected chi connectivity index (χ0v) is 8.59. The van der Waals surface area contributed by atoms with Gasteiger partial charge in [-0.1, -0.05) is 48.2 Å². The van der Waals surface area contributed by atoms with Crippen molar-refractivity contribution in [3.05, 3.63) is 48.0 Å². The van der Waals surface area contributed by atoms with Crippen LogP contribution in [0.4, 0.5) is 0 Å². The van der Waals surface area contributed by atoms with E-state index in [1.54, 1.807) is 0 Å². The monoisotopic (exact) mass is 198 g/mol. The molecule has 0 saturated heterocycles. The predicted molar refractivity (Wildman–Crippen MR) is 64.7 cm³/mol. The molecule has 2 aromatic rings. The van der Waals surface area contributed by atoms with E-state index in [-0.39, 0.29) is 0 Å². The van der Waals surface area contributed by atoms with Crippen LogP contribution in [-0.2, 0) is 0 Å². The van der Waals surface area contributed by atoms with Crippen LogP contribution < -0.4 is 0 Å². The standard InChI is InChI=1S/C13H10S/c14-10-4-8-12-7-3-6-11-5-1-2-9-13(11)12/h1-3,5-7,9,14H,10H2. The fourth-order valence-electron chi connectivity index (χ4n) is 1.47. The van der Waals surface area contributed by atoms with Crippen LogP contribution in [0.15, 0.2) is 42.5 Å². The first-order chi connectivity index (χ1) is 6.92. The molecule has 2 aromatic carbocycles. The van der Waals surface area contributed by atoms with Crippen LogP contribution in [0.5, 0.6) is 0 Å². The number of rotatable bonds is 0. The molecule has 0 bridgehead atoms. The fraction of sp³-hybridized carbons (Fsp3) is 0.0769. The molecule has 0 aliphatic heterocycles. The van der Waals surface area contributed by atoms with Gasteiger partial charge in [-0.05, 0) is 16.8 Å². The summed E-state index contributed by atoms with van der Waals surface area (Å²) in [6.07, 6.45) is 0. The van der Waals surface area contributed by atoms with Crippen LogP contribution in [0.1, 0.15) is 5.56 Å². The van der Waals surface area contributed by atoms with Crippen LogP contribution in [0.25, 0.3) is 10.8 Å². The Morgan fingerprint density at radius 3 is 2.64 bits per heavy atom. The Balaban J connectivity index is 2.65. The van der Waals surface area contributed by atoms with Gasteiger partial charge >= 0.3 is 0 Å². The number of thiol groups is 1. The topological polar surface area (TPSA) is 0 Å². The van der Waals surface area contributed by atoms with Gasteiger partial charge in [0.05, 0.1) is 5.75 Å².